The maximum absolute atomic E-state index is 14.2. The number of anilines is 1. The number of thioether (sulfide) groups is 1. The van der Waals surface area contributed by atoms with Gasteiger partial charge in [0, 0.05) is 15.7 Å². The van der Waals surface area contributed by atoms with Gasteiger partial charge in [0.15, 0.2) is 5.78 Å². The van der Waals surface area contributed by atoms with Gasteiger partial charge >= 0.3 is 0 Å². The Morgan fingerprint density at radius 1 is 1.17 bits per heavy atom. The fourth-order valence-corrected chi connectivity index (χ4v) is 4.93. The van der Waals surface area contributed by atoms with Crippen molar-refractivity contribution in [3.05, 3.63) is 110 Å². The summed E-state index contributed by atoms with van der Waals surface area (Å²) in [7, 11) is 0. The van der Waals surface area contributed by atoms with Gasteiger partial charge in [-0.1, -0.05) is 52.0 Å². The minimum absolute atomic E-state index is 0.0266. The van der Waals surface area contributed by atoms with Crippen molar-refractivity contribution in [2.24, 2.45) is 0 Å². The highest BCUT2D eigenvalue weighted by Crippen LogP contribution is 2.41. The van der Waals surface area contributed by atoms with Crippen LogP contribution in [0.15, 0.2) is 97.7 Å². The van der Waals surface area contributed by atoms with Crippen molar-refractivity contribution in [3.8, 4) is 6.07 Å². The third kappa shape index (κ3) is 5.39. The number of nitrogens with zero attached hydrogens (tertiary/aromatic N) is 1. The van der Waals surface area contributed by atoms with Crippen LogP contribution < -0.4 is 10.6 Å². The molecule has 176 valence electrons. The van der Waals surface area contributed by atoms with Crippen LogP contribution in [-0.4, -0.2) is 17.4 Å². The number of carbonyl (C=O) groups is 2. The second kappa shape index (κ2) is 10.8. The quantitative estimate of drug-likeness (QED) is 0.343. The van der Waals surface area contributed by atoms with Gasteiger partial charge in [0.2, 0.25) is 0 Å². The van der Waals surface area contributed by atoms with Gasteiger partial charge < -0.3 is 15.1 Å². The molecule has 0 aliphatic carbocycles. The van der Waals surface area contributed by atoms with Crippen LogP contribution >= 0.6 is 27.7 Å². The molecule has 1 amide bonds. The van der Waals surface area contributed by atoms with E-state index in [0.29, 0.717) is 22.0 Å². The summed E-state index contributed by atoms with van der Waals surface area (Å²) in [5.41, 5.74) is 1.51. The van der Waals surface area contributed by atoms with Gasteiger partial charge in [0.05, 0.1) is 45.9 Å². The fourth-order valence-electron chi connectivity index (χ4n) is 3.68. The average Bonchev–Trinajstić information content (AvgIpc) is 3.38. The zero-order valence-electron chi connectivity index (χ0n) is 18.5. The van der Waals surface area contributed by atoms with E-state index in [0.717, 1.165) is 4.47 Å². The number of hydrogen-bond donors (Lipinski definition) is 2. The molecule has 2 aromatic carbocycles. The average molecular weight is 552 g/mol. The Balaban J connectivity index is 1.64. The fraction of sp³-hybridized carbons (Fsp3) is 0.115. The number of hydrogen-bond acceptors (Lipinski definition) is 6. The molecule has 0 bridgehead atoms. The Morgan fingerprint density at radius 2 is 1.91 bits per heavy atom. The molecule has 0 saturated heterocycles. The number of nitrogens with one attached hydrogen (secondary N) is 2. The summed E-state index contributed by atoms with van der Waals surface area (Å²) in [5, 5.41) is 16.2. The van der Waals surface area contributed by atoms with E-state index >= 15 is 0 Å². The summed E-state index contributed by atoms with van der Waals surface area (Å²) in [6.07, 6.45) is 1.46. The number of benzene rings is 2. The molecule has 1 aliphatic heterocycles. The summed E-state index contributed by atoms with van der Waals surface area (Å²) >= 11 is 4.53. The van der Waals surface area contributed by atoms with E-state index in [9.17, 15) is 19.2 Å². The van der Waals surface area contributed by atoms with Gasteiger partial charge in [0.1, 0.15) is 11.6 Å². The molecule has 1 aromatic heterocycles. The second-order valence-electron chi connectivity index (χ2n) is 7.62. The molecular weight excluding hydrogens is 533 g/mol. The van der Waals surface area contributed by atoms with E-state index in [1.807, 2.05) is 0 Å². The van der Waals surface area contributed by atoms with Crippen LogP contribution in [0.5, 0.6) is 0 Å². The first-order chi connectivity index (χ1) is 16.9. The van der Waals surface area contributed by atoms with Crippen LogP contribution in [0, 0.1) is 17.1 Å². The lowest BCUT2D eigenvalue weighted by atomic mass is 9.85. The van der Waals surface area contributed by atoms with E-state index < -0.39 is 17.6 Å². The Bertz CT molecular complexity index is 1380. The third-order valence-electron chi connectivity index (χ3n) is 5.36. The Labute approximate surface area is 214 Å². The van der Waals surface area contributed by atoms with Crippen molar-refractivity contribution in [3.63, 3.8) is 0 Å². The molecule has 1 unspecified atom stereocenters. The summed E-state index contributed by atoms with van der Waals surface area (Å²) in [4.78, 5) is 26.0. The second-order valence-corrected chi connectivity index (χ2v) is 9.52. The van der Waals surface area contributed by atoms with Gasteiger partial charge in [-0.25, -0.2) is 4.39 Å². The maximum atomic E-state index is 14.2. The van der Waals surface area contributed by atoms with Crippen molar-refractivity contribution >= 4 is 45.1 Å². The lowest BCUT2D eigenvalue weighted by molar-refractivity contribution is -0.113. The molecule has 2 N–H and O–H groups in total. The van der Waals surface area contributed by atoms with E-state index in [1.54, 1.807) is 49.4 Å². The molecule has 1 atom stereocenters. The number of rotatable bonds is 7. The van der Waals surface area contributed by atoms with E-state index in [-0.39, 0.29) is 28.4 Å². The molecule has 1 aliphatic rings. The summed E-state index contributed by atoms with van der Waals surface area (Å²) < 4.78 is 20.6. The van der Waals surface area contributed by atoms with Crippen LogP contribution in [-0.2, 0) is 4.79 Å². The first-order valence-corrected chi connectivity index (χ1v) is 12.3. The van der Waals surface area contributed by atoms with E-state index in [1.165, 1.54) is 36.2 Å². The van der Waals surface area contributed by atoms with Crippen LogP contribution in [0.3, 0.4) is 0 Å². The number of Topliss-reactive ketones (excluding diaryl/α,β-unsaturated/α-hetero) is 1. The van der Waals surface area contributed by atoms with Gasteiger partial charge in [-0.05, 0) is 43.3 Å². The summed E-state index contributed by atoms with van der Waals surface area (Å²) in [6, 6.07) is 18.4. The largest absolute Gasteiger partial charge is 0.468 e. The number of ketones is 1. The lowest BCUT2D eigenvalue weighted by Crippen LogP contribution is -2.31. The van der Waals surface area contributed by atoms with E-state index in [4.69, 9.17) is 4.42 Å². The van der Waals surface area contributed by atoms with Gasteiger partial charge in [-0.2, -0.15) is 5.26 Å². The van der Waals surface area contributed by atoms with Crippen molar-refractivity contribution < 1.29 is 18.4 Å². The molecule has 35 heavy (non-hydrogen) atoms. The number of nitriles is 1. The SMILES string of the molecule is CC1=C(C(=O)Nc2ccccc2F)C(c2ccco2)C(C#N)=C(SCC(=O)c2ccc(Br)cc2)N1. The smallest absolute Gasteiger partial charge is 0.254 e. The molecule has 0 radical (unpaired) electrons. The predicted octanol–water partition coefficient (Wildman–Crippen LogP) is 6.13. The van der Waals surface area contributed by atoms with Crippen molar-refractivity contribution in [1.29, 1.82) is 5.26 Å². The topological polar surface area (TPSA) is 95.1 Å². The molecule has 3 aromatic rings. The predicted molar refractivity (Wildman–Crippen MR) is 136 cm³/mol. The highest BCUT2D eigenvalue weighted by atomic mass is 79.9. The van der Waals surface area contributed by atoms with E-state index in [2.05, 4.69) is 32.6 Å². The first kappa shape index (κ1) is 24.5. The highest BCUT2D eigenvalue weighted by Gasteiger charge is 2.36. The minimum atomic E-state index is -0.826. The number of halogens is 2. The van der Waals surface area contributed by atoms with Crippen LogP contribution in [0.1, 0.15) is 29.0 Å². The third-order valence-corrected chi connectivity index (χ3v) is 6.90. The minimum Gasteiger partial charge on any atom is -0.468 e. The number of carbonyl (C=O) groups excluding carboxylic acids is 2. The molecule has 0 spiro atoms. The molecule has 0 fully saturated rings. The molecule has 4 rings (SSSR count). The number of para-hydroxylation sites is 1. The number of allylic oxidation sites excluding steroid dienone is 2. The van der Waals surface area contributed by atoms with Crippen molar-refractivity contribution in [2.75, 3.05) is 11.1 Å². The van der Waals surface area contributed by atoms with Crippen molar-refractivity contribution in [1.82, 2.24) is 5.32 Å². The zero-order valence-corrected chi connectivity index (χ0v) is 20.9. The van der Waals surface area contributed by atoms with Crippen LogP contribution in [0.2, 0.25) is 0 Å². The molecule has 9 heteroatoms. The lowest BCUT2D eigenvalue weighted by Gasteiger charge is -2.28. The Hall–Kier alpha value is -3.61. The highest BCUT2D eigenvalue weighted by molar-refractivity contribution is 9.10. The maximum Gasteiger partial charge on any atom is 0.254 e. The standard InChI is InChI=1S/C26H19BrFN3O3S/c1-15-23(25(33)31-20-6-3-2-5-19(20)28)24(22-7-4-12-34-22)18(13-29)26(30-15)35-14-21(32)16-8-10-17(27)11-9-16/h2-12,24,30H,14H2,1H3,(H,31,33). The van der Waals surface area contributed by atoms with Gasteiger partial charge in [0.25, 0.3) is 5.91 Å². The van der Waals surface area contributed by atoms with Gasteiger partial charge in [-0.15, -0.1) is 0 Å². The van der Waals surface area contributed by atoms with Crippen LogP contribution in [0.4, 0.5) is 10.1 Å². The van der Waals surface area contributed by atoms with Gasteiger partial charge in [-0.3, -0.25) is 9.59 Å². The molecule has 6 nitrogen and oxygen atoms in total. The zero-order chi connectivity index (χ0) is 24.9. The number of dihydropyridines is 1. The Kier molecular flexibility index (Phi) is 7.54. The number of furan rings is 1. The normalized spacial score (nSPS) is 15.4. The molecule has 2 heterocycles. The molecule has 0 saturated carbocycles. The monoisotopic (exact) mass is 551 g/mol. The first-order valence-electron chi connectivity index (χ1n) is 10.5. The summed E-state index contributed by atoms with van der Waals surface area (Å²) in [6.45, 7) is 1.69. The Morgan fingerprint density at radius 3 is 2.57 bits per heavy atom. The van der Waals surface area contributed by atoms with Crippen LogP contribution in [0.25, 0.3) is 0 Å². The van der Waals surface area contributed by atoms with Crippen molar-refractivity contribution in [2.45, 2.75) is 12.8 Å². The number of amides is 1. The summed E-state index contributed by atoms with van der Waals surface area (Å²) in [5.74, 6) is -1.59. The molecular formula is C26H19BrFN3O3S.